The Morgan fingerprint density at radius 3 is 2.81 bits per heavy atom. The highest BCUT2D eigenvalue weighted by molar-refractivity contribution is 6.03. The number of carbonyl (C=O) groups is 2. The van der Waals surface area contributed by atoms with Crippen molar-refractivity contribution in [2.24, 2.45) is 5.92 Å². The van der Waals surface area contributed by atoms with Crippen LogP contribution >= 0.6 is 0 Å². The maximum atomic E-state index is 12.6. The molecule has 0 aliphatic carbocycles. The van der Waals surface area contributed by atoms with Crippen molar-refractivity contribution in [3.63, 3.8) is 0 Å². The zero-order valence-corrected chi connectivity index (χ0v) is 14.7. The molecule has 0 radical (unpaired) electrons. The summed E-state index contributed by atoms with van der Waals surface area (Å²) in [6.07, 6.45) is 0.208. The molecule has 132 valence electrons. The molecule has 3 aromatic rings. The molecular weight excluding hydrogens is 328 g/mol. The van der Waals surface area contributed by atoms with Gasteiger partial charge in [-0.15, -0.1) is 0 Å². The number of benzene rings is 2. The third-order valence-electron chi connectivity index (χ3n) is 4.99. The number of aromatic amines is 1. The van der Waals surface area contributed by atoms with Gasteiger partial charge in [-0.2, -0.15) is 0 Å². The Morgan fingerprint density at radius 2 is 2.00 bits per heavy atom. The largest absolute Gasteiger partial charge is 0.324 e. The number of fused-ring (bicyclic) bond motifs is 1. The highest BCUT2D eigenvalue weighted by Crippen LogP contribution is 2.30. The van der Waals surface area contributed by atoms with Crippen LogP contribution in [0.4, 0.5) is 11.6 Å². The predicted molar refractivity (Wildman–Crippen MR) is 101 cm³/mol. The van der Waals surface area contributed by atoms with E-state index in [2.05, 4.69) is 15.3 Å². The minimum absolute atomic E-state index is 0.0246. The lowest BCUT2D eigenvalue weighted by Crippen LogP contribution is -2.28. The Hall–Kier alpha value is -3.15. The molecular formula is C20H20N4O2. The molecule has 1 aromatic heterocycles. The second kappa shape index (κ2) is 6.29. The lowest BCUT2D eigenvalue weighted by molar-refractivity contribution is -0.122. The van der Waals surface area contributed by atoms with Crippen molar-refractivity contribution < 1.29 is 9.59 Å². The molecule has 1 fully saturated rings. The first kappa shape index (κ1) is 16.3. The van der Waals surface area contributed by atoms with Crippen LogP contribution in [0.2, 0.25) is 0 Å². The Kier molecular flexibility index (Phi) is 3.95. The molecule has 0 spiro atoms. The van der Waals surface area contributed by atoms with Gasteiger partial charge in [-0.05, 0) is 43.2 Å². The summed E-state index contributed by atoms with van der Waals surface area (Å²) in [4.78, 5) is 34.2. The van der Waals surface area contributed by atoms with E-state index in [9.17, 15) is 9.59 Å². The maximum Gasteiger partial charge on any atom is 0.232 e. The van der Waals surface area contributed by atoms with E-state index in [0.29, 0.717) is 12.5 Å². The van der Waals surface area contributed by atoms with Crippen LogP contribution in [-0.4, -0.2) is 28.3 Å². The average molecular weight is 348 g/mol. The van der Waals surface area contributed by atoms with Crippen LogP contribution in [-0.2, 0) is 9.59 Å². The van der Waals surface area contributed by atoms with Gasteiger partial charge in [0.15, 0.2) is 0 Å². The van der Waals surface area contributed by atoms with E-state index in [1.807, 2.05) is 56.3 Å². The molecule has 2 amide bonds. The first-order valence-corrected chi connectivity index (χ1v) is 8.65. The standard InChI is InChI=1S/C20H20N4O2/c1-12-6-5-9-17(13(12)2)24-11-14(10-18(24)25)19(26)23-20-21-15-7-3-4-8-16(15)22-20/h3-9,14H,10-11H2,1-2H3,(H2,21,22,23,26). The van der Waals surface area contributed by atoms with Crippen molar-refractivity contribution in [1.82, 2.24) is 9.97 Å². The fourth-order valence-electron chi connectivity index (χ4n) is 3.37. The van der Waals surface area contributed by atoms with E-state index in [4.69, 9.17) is 0 Å². The molecule has 0 saturated carbocycles. The quantitative estimate of drug-likeness (QED) is 0.763. The first-order chi connectivity index (χ1) is 12.5. The number of para-hydroxylation sites is 2. The number of nitrogens with zero attached hydrogens (tertiary/aromatic N) is 2. The monoisotopic (exact) mass is 348 g/mol. The summed E-state index contributed by atoms with van der Waals surface area (Å²) < 4.78 is 0. The summed E-state index contributed by atoms with van der Waals surface area (Å²) in [7, 11) is 0. The van der Waals surface area contributed by atoms with Crippen LogP contribution in [0.15, 0.2) is 42.5 Å². The molecule has 6 nitrogen and oxygen atoms in total. The molecule has 1 atom stereocenters. The number of hydrogen-bond donors (Lipinski definition) is 2. The van der Waals surface area contributed by atoms with Gasteiger partial charge >= 0.3 is 0 Å². The number of hydrogen-bond acceptors (Lipinski definition) is 3. The minimum Gasteiger partial charge on any atom is -0.324 e. The number of aromatic nitrogens is 2. The second-order valence-corrected chi connectivity index (χ2v) is 6.72. The molecule has 26 heavy (non-hydrogen) atoms. The van der Waals surface area contributed by atoms with Crippen molar-refractivity contribution >= 4 is 34.5 Å². The van der Waals surface area contributed by atoms with Crippen LogP contribution in [0.1, 0.15) is 17.5 Å². The number of anilines is 2. The number of nitrogens with one attached hydrogen (secondary N) is 2. The molecule has 1 aliphatic heterocycles. The van der Waals surface area contributed by atoms with Crippen molar-refractivity contribution in [3.05, 3.63) is 53.6 Å². The van der Waals surface area contributed by atoms with Crippen molar-refractivity contribution in [2.75, 3.05) is 16.8 Å². The molecule has 1 aliphatic rings. The fraction of sp³-hybridized carbons (Fsp3) is 0.250. The van der Waals surface area contributed by atoms with Crippen molar-refractivity contribution in [2.45, 2.75) is 20.3 Å². The van der Waals surface area contributed by atoms with Gasteiger partial charge in [0.25, 0.3) is 0 Å². The minimum atomic E-state index is -0.393. The van der Waals surface area contributed by atoms with Crippen LogP contribution < -0.4 is 10.2 Å². The number of amides is 2. The van der Waals surface area contributed by atoms with E-state index in [0.717, 1.165) is 27.8 Å². The summed E-state index contributed by atoms with van der Waals surface area (Å²) in [6, 6.07) is 13.5. The summed E-state index contributed by atoms with van der Waals surface area (Å²) in [5.74, 6) is -0.196. The van der Waals surface area contributed by atoms with E-state index in [1.54, 1.807) is 4.90 Å². The zero-order valence-electron chi connectivity index (χ0n) is 14.7. The van der Waals surface area contributed by atoms with Gasteiger partial charge in [-0.3, -0.25) is 14.9 Å². The highest BCUT2D eigenvalue weighted by Gasteiger charge is 2.36. The van der Waals surface area contributed by atoms with Crippen LogP contribution in [0.5, 0.6) is 0 Å². The number of rotatable bonds is 3. The van der Waals surface area contributed by atoms with Crippen LogP contribution in [0.25, 0.3) is 11.0 Å². The van der Waals surface area contributed by atoms with Crippen molar-refractivity contribution in [1.29, 1.82) is 0 Å². The van der Waals surface area contributed by atoms with Crippen LogP contribution in [0.3, 0.4) is 0 Å². The van der Waals surface area contributed by atoms with Crippen LogP contribution in [0, 0.1) is 19.8 Å². The number of H-pyrrole nitrogens is 1. The molecule has 2 heterocycles. The van der Waals surface area contributed by atoms with E-state index >= 15 is 0 Å². The smallest absolute Gasteiger partial charge is 0.232 e. The van der Waals surface area contributed by atoms with Gasteiger partial charge in [0.2, 0.25) is 17.8 Å². The summed E-state index contributed by atoms with van der Waals surface area (Å²) in [5.41, 5.74) is 4.74. The molecule has 6 heteroatoms. The summed E-state index contributed by atoms with van der Waals surface area (Å²) >= 11 is 0. The van der Waals surface area contributed by atoms with Gasteiger partial charge in [-0.25, -0.2) is 4.98 Å². The first-order valence-electron chi connectivity index (χ1n) is 8.65. The Balaban J connectivity index is 1.51. The van der Waals surface area contributed by atoms with E-state index in [-0.39, 0.29) is 18.2 Å². The topological polar surface area (TPSA) is 78.1 Å². The third kappa shape index (κ3) is 2.83. The lowest BCUT2D eigenvalue weighted by atomic mass is 10.1. The highest BCUT2D eigenvalue weighted by atomic mass is 16.2. The Labute approximate surface area is 151 Å². The van der Waals surface area contributed by atoms with Gasteiger partial charge < -0.3 is 9.88 Å². The van der Waals surface area contributed by atoms with E-state index in [1.165, 1.54) is 0 Å². The average Bonchev–Trinajstić information content (AvgIpc) is 3.20. The maximum absolute atomic E-state index is 12.6. The summed E-state index contributed by atoms with van der Waals surface area (Å²) in [6.45, 7) is 4.40. The van der Waals surface area contributed by atoms with Gasteiger partial charge in [0.05, 0.1) is 17.0 Å². The molecule has 1 unspecified atom stereocenters. The van der Waals surface area contributed by atoms with E-state index < -0.39 is 5.92 Å². The Morgan fingerprint density at radius 1 is 1.19 bits per heavy atom. The third-order valence-corrected chi connectivity index (χ3v) is 4.99. The zero-order chi connectivity index (χ0) is 18.3. The van der Waals surface area contributed by atoms with Gasteiger partial charge in [0, 0.05) is 18.7 Å². The number of aryl methyl sites for hydroxylation is 1. The number of imidazole rings is 1. The predicted octanol–water partition coefficient (Wildman–Crippen LogP) is 3.17. The van der Waals surface area contributed by atoms with Gasteiger partial charge in [-0.1, -0.05) is 24.3 Å². The normalized spacial score (nSPS) is 17.1. The SMILES string of the molecule is Cc1cccc(N2CC(C(=O)Nc3nc4ccccc4[nH]3)CC2=O)c1C. The van der Waals surface area contributed by atoms with Crippen molar-refractivity contribution in [3.8, 4) is 0 Å². The Bertz CT molecular complexity index is 975. The molecule has 1 saturated heterocycles. The summed E-state index contributed by atoms with van der Waals surface area (Å²) in [5, 5.41) is 2.81. The fourth-order valence-corrected chi connectivity index (χ4v) is 3.37. The molecule has 4 rings (SSSR count). The number of carbonyl (C=O) groups excluding carboxylic acids is 2. The van der Waals surface area contributed by atoms with Gasteiger partial charge in [0.1, 0.15) is 0 Å². The molecule has 0 bridgehead atoms. The molecule has 2 N–H and O–H groups in total. The lowest BCUT2D eigenvalue weighted by Gasteiger charge is -2.20. The second-order valence-electron chi connectivity index (χ2n) is 6.72. The molecule has 2 aromatic carbocycles.